The van der Waals surface area contributed by atoms with Crippen molar-refractivity contribution in [2.24, 2.45) is 0 Å². The zero-order valence-corrected chi connectivity index (χ0v) is 19.2. The van der Waals surface area contributed by atoms with Crippen molar-refractivity contribution < 1.29 is 23.2 Å². The van der Waals surface area contributed by atoms with Gasteiger partial charge in [-0.05, 0) is 73.7 Å². The van der Waals surface area contributed by atoms with E-state index in [0.29, 0.717) is 44.7 Å². The zero-order chi connectivity index (χ0) is 24.4. The van der Waals surface area contributed by atoms with Gasteiger partial charge >= 0.3 is 5.97 Å². The Hall–Kier alpha value is -4.43. The van der Waals surface area contributed by atoms with Crippen LogP contribution in [0.1, 0.15) is 17.3 Å². The third-order valence-corrected chi connectivity index (χ3v) is 5.43. The highest BCUT2D eigenvalue weighted by Gasteiger charge is 2.21. The van der Waals surface area contributed by atoms with E-state index >= 15 is 0 Å². The van der Waals surface area contributed by atoms with Crippen molar-refractivity contribution in [1.82, 2.24) is 9.97 Å². The highest BCUT2D eigenvalue weighted by molar-refractivity contribution is 6.30. The van der Waals surface area contributed by atoms with Crippen LogP contribution in [0.3, 0.4) is 0 Å². The van der Waals surface area contributed by atoms with E-state index in [0.717, 1.165) is 0 Å². The molecule has 2 aromatic carbocycles. The average molecular weight is 488 g/mol. The fourth-order valence-electron chi connectivity index (χ4n) is 3.41. The fourth-order valence-corrected chi connectivity index (χ4v) is 3.54. The van der Waals surface area contributed by atoms with Gasteiger partial charge in [-0.25, -0.2) is 14.8 Å². The van der Waals surface area contributed by atoms with E-state index < -0.39 is 18.0 Å². The molecule has 0 bridgehead atoms. The second-order valence-corrected chi connectivity index (χ2v) is 8.06. The predicted octanol–water partition coefficient (Wildman–Crippen LogP) is 5.99. The number of fused-ring (bicyclic) bond motifs is 1. The quantitative estimate of drug-likeness (QED) is 0.293. The van der Waals surface area contributed by atoms with Crippen LogP contribution in [-0.4, -0.2) is 27.9 Å². The summed E-state index contributed by atoms with van der Waals surface area (Å²) in [5.41, 5.74) is 2.77. The van der Waals surface area contributed by atoms with Crippen LogP contribution in [0.15, 0.2) is 88.1 Å². The molecule has 5 aromatic rings. The molecule has 174 valence electrons. The van der Waals surface area contributed by atoms with Gasteiger partial charge in [-0.2, -0.15) is 0 Å². The van der Waals surface area contributed by atoms with Crippen LogP contribution in [0, 0.1) is 0 Å². The Morgan fingerprint density at radius 3 is 2.11 bits per heavy atom. The Bertz CT molecular complexity index is 1500. The van der Waals surface area contributed by atoms with Crippen molar-refractivity contribution in [2.75, 3.05) is 5.32 Å². The van der Waals surface area contributed by atoms with E-state index in [1.54, 1.807) is 73.0 Å². The molecule has 3 heterocycles. The molecule has 1 amide bonds. The number of rotatable bonds is 6. The molecule has 0 aliphatic carbocycles. The number of hydrogen-bond donors (Lipinski definition) is 1. The van der Waals surface area contributed by atoms with E-state index in [1.807, 2.05) is 0 Å². The van der Waals surface area contributed by atoms with Crippen LogP contribution in [0.4, 0.5) is 5.69 Å². The topological polar surface area (TPSA) is 107 Å². The lowest BCUT2D eigenvalue weighted by Crippen LogP contribution is -2.30. The minimum atomic E-state index is -1.03. The molecular formula is C26H18ClN3O5. The summed E-state index contributed by atoms with van der Waals surface area (Å²) in [4.78, 5) is 34.6. The minimum absolute atomic E-state index is 0.231. The van der Waals surface area contributed by atoms with Crippen LogP contribution in [-0.2, 0) is 9.53 Å². The molecule has 0 saturated heterocycles. The van der Waals surface area contributed by atoms with Gasteiger partial charge in [0.25, 0.3) is 5.91 Å². The van der Waals surface area contributed by atoms with Gasteiger partial charge in [0.05, 0.1) is 29.1 Å². The van der Waals surface area contributed by atoms with Gasteiger partial charge < -0.3 is 18.9 Å². The van der Waals surface area contributed by atoms with Crippen molar-refractivity contribution in [3.05, 3.63) is 89.8 Å². The van der Waals surface area contributed by atoms with Gasteiger partial charge in [0.2, 0.25) is 0 Å². The Balaban J connectivity index is 1.39. The largest absolute Gasteiger partial charge is 0.463 e. The number of nitrogens with one attached hydrogen (secondary N) is 1. The summed E-state index contributed by atoms with van der Waals surface area (Å²) in [5, 5.41) is 3.23. The number of aromatic nitrogens is 2. The molecule has 3 aromatic heterocycles. The number of esters is 1. The molecule has 8 nitrogen and oxygen atoms in total. The first-order chi connectivity index (χ1) is 17.0. The predicted molar refractivity (Wildman–Crippen MR) is 130 cm³/mol. The summed E-state index contributed by atoms with van der Waals surface area (Å²) in [6.07, 6.45) is 2.06. The maximum atomic E-state index is 12.8. The number of anilines is 1. The normalized spacial score (nSPS) is 11.8. The number of carbonyl (C=O) groups excluding carboxylic acids is 2. The highest BCUT2D eigenvalue weighted by Crippen LogP contribution is 2.31. The van der Waals surface area contributed by atoms with Crippen molar-refractivity contribution in [2.45, 2.75) is 13.0 Å². The Morgan fingerprint density at radius 1 is 0.886 bits per heavy atom. The number of carbonyl (C=O) groups is 2. The third-order valence-electron chi connectivity index (χ3n) is 5.17. The molecule has 0 spiro atoms. The number of hydrogen-bond acceptors (Lipinski definition) is 7. The standard InChI is InChI=1S/C26H18ClN3O5/c1-15(25(31)28-18-9-7-17(27)8-10-18)35-26(32)16-6-11-19-20(14-16)30-24(22-5-3-13-34-22)23(29-19)21-4-2-12-33-21/h2-15H,1H3,(H,28,31). The monoisotopic (exact) mass is 487 g/mol. The Morgan fingerprint density at radius 2 is 1.51 bits per heavy atom. The number of furan rings is 2. The van der Waals surface area contributed by atoms with E-state index in [1.165, 1.54) is 13.2 Å². The number of ether oxygens (including phenoxy) is 1. The molecule has 9 heteroatoms. The summed E-state index contributed by atoms with van der Waals surface area (Å²) in [7, 11) is 0. The van der Waals surface area contributed by atoms with E-state index in [-0.39, 0.29) is 5.56 Å². The highest BCUT2D eigenvalue weighted by atomic mass is 35.5. The van der Waals surface area contributed by atoms with Crippen molar-refractivity contribution >= 4 is 40.2 Å². The molecule has 1 unspecified atom stereocenters. The summed E-state index contributed by atoms with van der Waals surface area (Å²) in [6, 6.07) is 18.5. The molecule has 1 atom stereocenters. The van der Waals surface area contributed by atoms with Crippen LogP contribution < -0.4 is 5.32 Å². The van der Waals surface area contributed by atoms with Gasteiger partial charge in [0, 0.05) is 10.7 Å². The Labute approximate surface area is 204 Å². The molecule has 0 fully saturated rings. The second kappa shape index (κ2) is 9.44. The first-order valence-electron chi connectivity index (χ1n) is 10.6. The molecule has 0 aliphatic heterocycles. The average Bonchev–Trinajstić information content (AvgIpc) is 3.59. The minimum Gasteiger partial charge on any atom is -0.463 e. The number of halogens is 1. The van der Waals surface area contributed by atoms with Gasteiger partial charge in [-0.1, -0.05) is 11.6 Å². The molecule has 0 radical (unpaired) electrons. The third kappa shape index (κ3) is 4.78. The van der Waals surface area contributed by atoms with Gasteiger partial charge in [0.1, 0.15) is 11.4 Å². The molecule has 0 saturated carbocycles. The van der Waals surface area contributed by atoms with E-state index in [2.05, 4.69) is 15.3 Å². The zero-order valence-electron chi connectivity index (χ0n) is 18.4. The van der Waals surface area contributed by atoms with Crippen LogP contribution in [0.5, 0.6) is 0 Å². The van der Waals surface area contributed by atoms with Crippen LogP contribution in [0.25, 0.3) is 33.9 Å². The SMILES string of the molecule is CC(OC(=O)c1ccc2nc(-c3ccco3)c(-c3ccco3)nc2c1)C(=O)Nc1ccc(Cl)cc1. The number of amides is 1. The summed E-state index contributed by atoms with van der Waals surface area (Å²) in [6.45, 7) is 1.49. The fraction of sp³-hybridized carbons (Fsp3) is 0.0769. The number of benzene rings is 2. The molecular weight excluding hydrogens is 470 g/mol. The summed E-state index contributed by atoms with van der Waals surface area (Å²) in [5.74, 6) is -0.0901. The van der Waals surface area contributed by atoms with Crippen molar-refractivity contribution in [3.63, 3.8) is 0 Å². The maximum Gasteiger partial charge on any atom is 0.338 e. The lowest BCUT2D eigenvalue weighted by Gasteiger charge is -2.14. The van der Waals surface area contributed by atoms with Gasteiger partial charge in [-0.3, -0.25) is 4.79 Å². The lowest BCUT2D eigenvalue weighted by atomic mass is 10.1. The summed E-state index contributed by atoms with van der Waals surface area (Å²) < 4.78 is 16.4. The lowest BCUT2D eigenvalue weighted by molar-refractivity contribution is -0.123. The number of nitrogens with zero attached hydrogens (tertiary/aromatic N) is 2. The first-order valence-corrected chi connectivity index (χ1v) is 11.0. The van der Waals surface area contributed by atoms with Gasteiger partial charge in [-0.15, -0.1) is 0 Å². The van der Waals surface area contributed by atoms with Gasteiger partial charge in [0.15, 0.2) is 17.6 Å². The molecule has 0 aliphatic rings. The molecule has 5 rings (SSSR count). The van der Waals surface area contributed by atoms with Crippen molar-refractivity contribution in [3.8, 4) is 22.9 Å². The van der Waals surface area contributed by atoms with E-state index in [4.69, 9.17) is 25.2 Å². The Kier molecular flexibility index (Phi) is 6.03. The maximum absolute atomic E-state index is 12.8. The van der Waals surface area contributed by atoms with Crippen molar-refractivity contribution in [1.29, 1.82) is 0 Å². The molecule has 1 N–H and O–H groups in total. The first kappa shape index (κ1) is 22.4. The molecule has 35 heavy (non-hydrogen) atoms. The summed E-state index contributed by atoms with van der Waals surface area (Å²) >= 11 is 5.86. The smallest absolute Gasteiger partial charge is 0.338 e. The van der Waals surface area contributed by atoms with Crippen LogP contribution in [0.2, 0.25) is 5.02 Å². The second-order valence-electron chi connectivity index (χ2n) is 7.62. The van der Waals surface area contributed by atoms with Crippen LogP contribution >= 0.6 is 11.6 Å². The van der Waals surface area contributed by atoms with E-state index in [9.17, 15) is 9.59 Å².